The van der Waals surface area contributed by atoms with E-state index >= 15 is 0 Å². The number of nitrogens with one attached hydrogen (secondary N) is 1. The zero-order valence-electron chi connectivity index (χ0n) is 9.72. The number of amides is 1. The normalized spacial score (nSPS) is 19.6. The lowest BCUT2D eigenvalue weighted by atomic mass is 10.2. The first kappa shape index (κ1) is 12.3. The Morgan fingerprint density at radius 3 is 2.88 bits per heavy atom. The molecule has 0 bridgehead atoms. The molecule has 1 fully saturated rings. The highest BCUT2D eigenvalue weighted by Crippen LogP contribution is 2.24. The van der Waals surface area contributed by atoms with Crippen molar-refractivity contribution in [3.05, 3.63) is 30.3 Å². The molecule has 1 aliphatic rings. The second-order valence-electron chi connectivity index (χ2n) is 4.07. The lowest BCUT2D eigenvalue weighted by Crippen LogP contribution is -2.33. The molecule has 1 aliphatic heterocycles. The molecular weight excluding hydrogens is 234 g/mol. The van der Waals surface area contributed by atoms with Crippen LogP contribution in [0.25, 0.3) is 0 Å². The lowest BCUT2D eigenvalue weighted by Gasteiger charge is -2.21. The highest BCUT2D eigenvalue weighted by molar-refractivity contribution is 7.99. The van der Waals surface area contributed by atoms with Crippen LogP contribution < -0.4 is 10.1 Å². The number of rotatable bonds is 3. The maximum atomic E-state index is 11.5. The molecule has 0 saturated carbocycles. The van der Waals surface area contributed by atoms with Crippen molar-refractivity contribution in [3.63, 3.8) is 0 Å². The summed E-state index contributed by atoms with van der Waals surface area (Å²) in [5, 5.41) is 3.37. The first-order chi connectivity index (χ1) is 8.34. The standard InChI is InChI=1S/C13H17NO2S/c15-13(16-11-6-2-1-3-7-11)14-10-12-8-4-5-9-17-12/h1-3,6-7,12H,4-5,8-10H2,(H,14,15). The fourth-order valence-corrected chi connectivity index (χ4v) is 3.04. The van der Waals surface area contributed by atoms with Gasteiger partial charge in [-0.25, -0.2) is 4.79 Å². The number of carbonyl (C=O) groups excluding carboxylic acids is 1. The first-order valence-electron chi connectivity index (χ1n) is 5.97. The molecule has 1 amide bonds. The van der Waals surface area contributed by atoms with Crippen molar-refractivity contribution in [2.75, 3.05) is 12.3 Å². The summed E-state index contributed by atoms with van der Waals surface area (Å²) in [4.78, 5) is 11.5. The number of ether oxygens (including phenoxy) is 1. The van der Waals surface area contributed by atoms with Crippen LogP contribution in [0.2, 0.25) is 0 Å². The number of hydrogen-bond donors (Lipinski definition) is 1. The van der Waals surface area contributed by atoms with Crippen molar-refractivity contribution in [1.82, 2.24) is 5.32 Å². The van der Waals surface area contributed by atoms with Gasteiger partial charge in [0.1, 0.15) is 5.75 Å². The van der Waals surface area contributed by atoms with Crippen LogP contribution in [-0.2, 0) is 0 Å². The SMILES string of the molecule is O=C(NCC1CCCCS1)Oc1ccccc1. The van der Waals surface area contributed by atoms with Crippen LogP contribution in [0.3, 0.4) is 0 Å². The first-order valence-corrected chi connectivity index (χ1v) is 7.02. The number of para-hydroxylation sites is 1. The van der Waals surface area contributed by atoms with Gasteiger partial charge in [-0.15, -0.1) is 0 Å². The van der Waals surface area contributed by atoms with Crippen molar-refractivity contribution >= 4 is 17.9 Å². The minimum absolute atomic E-state index is 0.359. The van der Waals surface area contributed by atoms with E-state index in [0.717, 1.165) is 0 Å². The third-order valence-electron chi connectivity index (χ3n) is 2.70. The number of thioether (sulfide) groups is 1. The molecular formula is C13H17NO2S. The van der Waals surface area contributed by atoms with Gasteiger partial charge < -0.3 is 10.1 Å². The Balaban J connectivity index is 1.70. The maximum Gasteiger partial charge on any atom is 0.412 e. The van der Waals surface area contributed by atoms with Crippen molar-refractivity contribution < 1.29 is 9.53 Å². The monoisotopic (exact) mass is 251 g/mol. The number of hydrogen-bond acceptors (Lipinski definition) is 3. The molecule has 0 spiro atoms. The smallest absolute Gasteiger partial charge is 0.410 e. The van der Waals surface area contributed by atoms with Crippen LogP contribution in [0, 0.1) is 0 Å². The van der Waals surface area contributed by atoms with Gasteiger partial charge in [0.15, 0.2) is 0 Å². The van der Waals surface area contributed by atoms with Crippen LogP contribution in [0.1, 0.15) is 19.3 Å². The third-order valence-corrected chi connectivity index (χ3v) is 4.10. The van der Waals surface area contributed by atoms with Gasteiger partial charge in [-0.2, -0.15) is 11.8 Å². The summed E-state index contributed by atoms with van der Waals surface area (Å²) in [6.07, 6.45) is 3.40. The fraction of sp³-hybridized carbons (Fsp3) is 0.462. The molecule has 4 heteroatoms. The van der Waals surface area contributed by atoms with Gasteiger partial charge in [-0.3, -0.25) is 0 Å². The maximum absolute atomic E-state index is 11.5. The van der Waals surface area contributed by atoms with Crippen LogP contribution >= 0.6 is 11.8 Å². The topological polar surface area (TPSA) is 38.3 Å². The molecule has 1 aromatic carbocycles. The number of carbonyl (C=O) groups is 1. The average molecular weight is 251 g/mol. The Hall–Kier alpha value is -1.16. The van der Waals surface area contributed by atoms with E-state index < -0.39 is 0 Å². The summed E-state index contributed by atoms with van der Waals surface area (Å²) >= 11 is 1.94. The molecule has 1 saturated heterocycles. The molecule has 1 unspecified atom stereocenters. The molecule has 1 atom stereocenters. The molecule has 92 valence electrons. The summed E-state index contributed by atoms with van der Waals surface area (Å²) in [6, 6.07) is 9.13. The van der Waals surface area contributed by atoms with E-state index in [4.69, 9.17) is 4.74 Å². The molecule has 3 nitrogen and oxygen atoms in total. The Morgan fingerprint density at radius 1 is 1.35 bits per heavy atom. The van der Waals surface area contributed by atoms with E-state index in [1.165, 1.54) is 25.0 Å². The largest absolute Gasteiger partial charge is 0.412 e. The molecule has 1 N–H and O–H groups in total. The van der Waals surface area contributed by atoms with Crippen LogP contribution in [-0.4, -0.2) is 23.6 Å². The predicted molar refractivity (Wildman–Crippen MR) is 70.6 cm³/mol. The van der Waals surface area contributed by atoms with E-state index in [1.807, 2.05) is 30.0 Å². The van der Waals surface area contributed by atoms with Crippen LogP contribution in [0.4, 0.5) is 4.79 Å². The van der Waals surface area contributed by atoms with Crippen molar-refractivity contribution in [1.29, 1.82) is 0 Å². The second kappa shape index (κ2) is 6.55. The summed E-state index contributed by atoms with van der Waals surface area (Å²) in [7, 11) is 0. The van der Waals surface area contributed by atoms with Crippen molar-refractivity contribution in [3.8, 4) is 5.75 Å². The zero-order valence-corrected chi connectivity index (χ0v) is 10.5. The predicted octanol–water partition coefficient (Wildman–Crippen LogP) is 3.06. The molecule has 1 aromatic rings. The Kier molecular flexibility index (Phi) is 4.74. The van der Waals surface area contributed by atoms with Crippen molar-refractivity contribution in [2.24, 2.45) is 0 Å². The van der Waals surface area contributed by atoms with Gasteiger partial charge in [0.2, 0.25) is 0 Å². The van der Waals surface area contributed by atoms with Crippen LogP contribution in [0.5, 0.6) is 5.75 Å². The molecule has 1 heterocycles. The molecule has 0 aliphatic carbocycles. The molecule has 17 heavy (non-hydrogen) atoms. The van der Waals surface area contributed by atoms with Gasteiger partial charge in [0.05, 0.1) is 0 Å². The lowest BCUT2D eigenvalue weighted by molar-refractivity contribution is 0.200. The van der Waals surface area contributed by atoms with Gasteiger partial charge in [0.25, 0.3) is 0 Å². The number of benzene rings is 1. The fourth-order valence-electron chi connectivity index (χ4n) is 1.80. The summed E-state index contributed by atoms with van der Waals surface area (Å²) < 4.78 is 5.15. The van der Waals surface area contributed by atoms with E-state index in [2.05, 4.69) is 5.32 Å². The van der Waals surface area contributed by atoms with Gasteiger partial charge in [-0.05, 0) is 30.7 Å². The Bertz CT molecular complexity index is 350. The van der Waals surface area contributed by atoms with E-state index in [-0.39, 0.29) is 6.09 Å². The molecule has 0 radical (unpaired) electrons. The van der Waals surface area contributed by atoms with E-state index in [9.17, 15) is 4.79 Å². The molecule has 2 rings (SSSR count). The zero-order chi connectivity index (χ0) is 11.9. The minimum Gasteiger partial charge on any atom is -0.410 e. The molecule has 0 aromatic heterocycles. The Labute approximate surface area is 106 Å². The highest BCUT2D eigenvalue weighted by Gasteiger charge is 2.15. The van der Waals surface area contributed by atoms with Gasteiger partial charge in [-0.1, -0.05) is 24.6 Å². The summed E-state index contributed by atoms with van der Waals surface area (Å²) in [6.45, 7) is 0.705. The van der Waals surface area contributed by atoms with Crippen molar-refractivity contribution in [2.45, 2.75) is 24.5 Å². The van der Waals surface area contributed by atoms with Crippen LogP contribution in [0.15, 0.2) is 30.3 Å². The Morgan fingerprint density at radius 2 is 2.18 bits per heavy atom. The van der Waals surface area contributed by atoms with Gasteiger partial charge >= 0.3 is 6.09 Å². The minimum atomic E-state index is -0.359. The van der Waals surface area contributed by atoms with Gasteiger partial charge in [0, 0.05) is 11.8 Å². The summed E-state index contributed by atoms with van der Waals surface area (Å²) in [5.74, 6) is 1.79. The third kappa shape index (κ3) is 4.30. The second-order valence-corrected chi connectivity index (χ2v) is 5.48. The van der Waals surface area contributed by atoms with E-state index in [1.54, 1.807) is 12.1 Å². The average Bonchev–Trinajstić information content (AvgIpc) is 2.39. The summed E-state index contributed by atoms with van der Waals surface area (Å²) in [5.41, 5.74) is 0. The van der Waals surface area contributed by atoms with E-state index in [0.29, 0.717) is 17.5 Å². The quantitative estimate of drug-likeness (QED) is 0.897. The highest BCUT2D eigenvalue weighted by atomic mass is 32.2.